The summed E-state index contributed by atoms with van der Waals surface area (Å²) in [5, 5.41) is 2.51. The maximum absolute atomic E-state index is 12.1. The van der Waals surface area contributed by atoms with Crippen molar-refractivity contribution in [2.45, 2.75) is 38.7 Å². The third-order valence-corrected chi connectivity index (χ3v) is 4.62. The second kappa shape index (κ2) is 8.07. The highest BCUT2D eigenvalue weighted by molar-refractivity contribution is 7.89. The number of amides is 1. The van der Waals surface area contributed by atoms with Crippen LogP contribution < -0.4 is 10.0 Å². The van der Waals surface area contributed by atoms with Gasteiger partial charge in [-0.1, -0.05) is 6.07 Å². The van der Waals surface area contributed by atoms with Gasteiger partial charge in [0.2, 0.25) is 10.0 Å². The minimum atomic E-state index is -3.81. The van der Waals surface area contributed by atoms with Crippen molar-refractivity contribution in [3.63, 3.8) is 0 Å². The molecule has 1 atom stereocenters. The van der Waals surface area contributed by atoms with Crippen LogP contribution in [-0.4, -0.2) is 39.5 Å². The largest absolute Gasteiger partial charge is 0.452 e. The molecule has 1 rings (SSSR count). The fraction of sp³-hybridized carbons (Fsp3) is 0.467. The van der Waals surface area contributed by atoms with Crippen LogP contribution in [0.15, 0.2) is 23.1 Å². The molecule has 0 saturated heterocycles. The maximum atomic E-state index is 12.1. The number of likely N-dealkylation sites (N-methyl/N-ethyl adjacent to an activating group) is 1. The Bertz CT molecular complexity index is 685. The first kappa shape index (κ1) is 19.1. The second-order valence-electron chi connectivity index (χ2n) is 5.10. The Morgan fingerprint density at radius 1 is 1.22 bits per heavy atom. The van der Waals surface area contributed by atoms with Gasteiger partial charge in [-0.3, -0.25) is 9.59 Å². The number of carbonyl (C=O) groups is 2. The maximum Gasteiger partial charge on any atom is 0.321 e. The van der Waals surface area contributed by atoms with Crippen molar-refractivity contribution in [2.75, 3.05) is 13.1 Å². The van der Waals surface area contributed by atoms with Gasteiger partial charge in [-0.2, -0.15) is 4.72 Å². The smallest absolute Gasteiger partial charge is 0.321 e. The number of esters is 1. The van der Waals surface area contributed by atoms with Crippen molar-refractivity contribution in [1.82, 2.24) is 10.0 Å². The monoisotopic (exact) mass is 342 g/mol. The highest BCUT2D eigenvalue weighted by Crippen LogP contribution is 2.14. The summed E-state index contributed by atoms with van der Waals surface area (Å²) in [6.07, 6.45) is -0.978. The van der Waals surface area contributed by atoms with Gasteiger partial charge >= 0.3 is 5.97 Å². The quantitative estimate of drug-likeness (QED) is 0.709. The Hall–Kier alpha value is -1.93. The number of benzene rings is 1. The predicted molar refractivity (Wildman–Crippen MR) is 85.3 cm³/mol. The molecule has 8 heteroatoms. The lowest BCUT2D eigenvalue weighted by atomic mass is 10.1. The van der Waals surface area contributed by atoms with E-state index in [2.05, 4.69) is 10.0 Å². The Balaban J connectivity index is 2.63. The predicted octanol–water partition coefficient (Wildman–Crippen LogP) is 0.650. The number of aryl methyl sites for hydroxylation is 2. The molecule has 1 amide bonds. The summed E-state index contributed by atoms with van der Waals surface area (Å²) in [6.45, 7) is 6.71. The number of sulfonamides is 1. The van der Waals surface area contributed by atoms with E-state index in [0.717, 1.165) is 11.1 Å². The molecule has 1 aromatic carbocycles. The van der Waals surface area contributed by atoms with E-state index in [9.17, 15) is 18.0 Å². The molecule has 0 aliphatic heterocycles. The lowest BCUT2D eigenvalue weighted by Gasteiger charge is -2.13. The van der Waals surface area contributed by atoms with Crippen LogP contribution in [0.5, 0.6) is 0 Å². The molecule has 0 aromatic heterocycles. The van der Waals surface area contributed by atoms with Crippen LogP contribution in [0, 0.1) is 13.8 Å². The van der Waals surface area contributed by atoms with E-state index in [1.54, 1.807) is 19.9 Å². The highest BCUT2D eigenvalue weighted by atomic mass is 32.2. The lowest BCUT2D eigenvalue weighted by Crippen LogP contribution is -2.38. The SMILES string of the molecule is CCNC(=O)[C@H](C)OC(=O)CNS(=O)(=O)c1ccc(C)c(C)c1. The van der Waals surface area contributed by atoms with Gasteiger partial charge in [0.05, 0.1) is 4.90 Å². The first-order chi connectivity index (χ1) is 10.7. The summed E-state index contributed by atoms with van der Waals surface area (Å²) in [5.41, 5.74) is 1.81. The number of nitrogens with one attached hydrogen (secondary N) is 2. The lowest BCUT2D eigenvalue weighted by molar-refractivity contribution is -0.153. The molecule has 0 saturated carbocycles. The van der Waals surface area contributed by atoms with Crippen LogP contribution in [-0.2, 0) is 24.3 Å². The topological polar surface area (TPSA) is 102 Å². The van der Waals surface area contributed by atoms with Gasteiger partial charge in [0.1, 0.15) is 6.54 Å². The molecule has 0 unspecified atom stereocenters. The molecule has 0 fully saturated rings. The van der Waals surface area contributed by atoms with Gasteiger partial charge in [-0.05, 0) is 51.0 Å². The Morgan fingerprint density at radius 3 is 2.43 bits per heavy atom. The van der Waals surface area contributed by atoms with Crippen LogP contribution in [0.3, 0.4) is 0 Å². The van der Waals surface area contributed by atoms with Crippen LogP contribution in [0.4, 0.5) is 0 Å². The minimum absolute atomic E-state index is 0.0742. The van der Waals surface area contributed by atoms with Gasteiger partial charge in [-0.15, -0.1) is 0 Å². The van der Waals surface area contributed by atoms with E-state index in [4.69, 9.17) is 4.74 Å². The molecule has 2 N–H and O–H groups in total. The first-order valence-corrected chi connectivity index (χ1v) is 8.69. The van der Waals surface area contributed by atoms with Crippen LogP contribution in [0.2, 0.25) is 0 Å². The van der Waals surface area contributed by atoms with Crippen molar-refractivity contribution >= 4 is 21.9 Å². The van der Waals surface area contributed by atoms with E-state index in [1.165, 1.54) is 19.1 Å². The van der Waals surface area contributed by atoms with Crippen molar-refractivity contribution in [2.24, 2.45) is 0 Å². The zero-order valence-corrected chi connectivity index (χ0v) is 14.5. The van der Waals surface area contributed by atoms with Gasteiger partial charge < -0.3 is 10.1 Å². The normalized spacial score (nSPS) is 12.5. The standard InChI is InChI=1S/C15H22N2O5S/c1-5-16-15(19)12(4)22-14(18)9-17-23(20,21)13-7-6-10(2)11(3)8-13/h6-8,12,17H,5,9H2,1-4H3,(H,16,19)/t12-/m0/s1. The third-order valence-electron chi connectivity index (χ3n) is 3.22. The summed E-state index contributed by atoms with van der Waals surface area (Å²) in [6, 6.07) is 4.69. The van der Waals surface area contributed by atoms with E-state index in [0.29, 0.717) is 6.54 Å². The van der Waals surface area contributed by atoms with Crippen LogP contribution >= 0.6 is 0 Å². The molecule has 0 radical (unpaired) electrons. The molecule has 1 aromatic rings. The molecule has 23 heavy (non-hydrogen) atoms. The van der Waals surface area contributed by atoms with Gasteiger partial charge in [0.15, 0.2) is 6.10 Å². The fourth-order valence-electron chi connectivity index (χ4n) is 1.73. The van der Waals surface area contributed by atoms with Crippen LogP contribution in [0.25, 0.3) is 0 Å². The number of ether oxygens (including phenoxy) is 1. The average Bonchev–Trinajstić information content (AvgIpc) is 2.48. The van der Waals surface area contributed by atoms with E-state index in [-0.39, 0.29) is 4.90 Å². The van der Waals surface area contributed by atoms with Crippen LogP contribution in [0.1, 0.15) is 25.0 Å². The van der Waals surface area contributed by atoms with E-state index in [1.807, 2.05) is 6.92 Å². The molecular formula is C15H22N2O5S. The van der Waals surface area contributed by atoms with Crippen molar-refractivity contribution in [1.29, 1.82) is 0 Å². The average molecular weight is 342 g/mol. The molecule has 128 valence electrons. The van der Waals surface area contributed by atoms with Crippen molar-refractivity contribution < 1.29 is 22.7 Å². The summed E-state index contributed by atoms with van der Waals surface area (Å²) in [4.78, 5) is 23.1. The summed E-state index contributed by atoms with van der Waals surface area (Å²) in [5.74, 6) is -1.26. The molecule has 0 heterocycles. The van der Waals surface area contributed by atoms with Crippen molar-refractivity contribution in [3.05, 3.63) is 29.3 Å². The summed E-state index contributed by atoms with van der Waals surface area (Å²) < 4.78 is 31.3. The Kier molecular flexibility index (Phi) is 6.71. The zero-order valence-electron chi connectivity index (χ0n) is 13.7. The van der Waals surface area contributed by atoms with Gasteiger partial charge in [0.25, 0.3) is 5.91 Å². The van der Waals surface area contributed by atoms with E-state index < -0.39 is 34.5 Å². The minimum Gasteiger partial charge on any atom is -0.452 e. The molecule has 7 nitrogen and oxygen atoms in total. The van der Waals surface area contributed by atoms with Gasteiger partial charge in [0, 0.05) is 6.54 Å². The number of carbonyl (C=O) groups excluding carboxylic acids is 2. The second-order valence-corrected chi connectivity index (χ2v) is 6.86. The number of hydrogen-bond acceptors (Lipinski definition) is 5. The van der Waals surface area contributed by atoms with Crippen molar-refractivity contribution in [3.8, 4) is 0 Å². The molecule has 0 spiro atoms. The Labute approximate surface area is 136 Å². The van der Waals surface area contributed by atoms with Gasteiger partial charge in [-0.25, -0.2) is 8.42 Å². The zero-order chi connectivity index (χ0) is 17.6. The summed E-state index contributed by atoms with van der Waals surface area (Å²) >= 11 is 0. The summed E-state index contributed by atoms with van der Waals surface area (Å²) in [7, 11) is -3.81. The fourth-order valence-corrected chi connectivity index (χ4v) is 2.78. The molecule has 0 bridgehead atoms. The number of hydrogen-bond donors (Lipinski definition) is 2. The Morgan fingerprint density at radius 2 is 1.87 bits per heavy atom. The van der Waals surface area contributed by atoms with E-state index >= 15 is 0 Å². The number of rotatable bonds is 7. The third kappa shape index (κ3) is 5.65. The highest BCUT2D eigenvalue weighted by Gasteiger charge is 2.20. The molecular weight excluding hydrogens is 320 g/mol. The first-order valence-electron chi connectivity index (χ1n) is 7.21. The molecule has 0 aliphatic rings. The molecule has 0 aliphatic carbocycles.